The lowest BCUT2D eigenvalue weighted by molar-refractivity contribution is -0.148. The van der Waals surface area contributed by atoms with Gasteiger partial charge in [-0.1, -0.05) is 0 Å². The van der Waals surface area contributed by atoms with Crippen LogP contribution in [0.15, 0.2) is 0 Å². The van der Waals surface area contributed by atoms with Gasteiger partial charge in [-0.15, -0.1) is 24.7 Å². The van der Waals surface area contributed by atoms with Crippen molar-refractivity contribution >= 4 is 12.1 Å². The van der Waals surface area contributed by atoms with Crippen molar-refractivity contribution in [3.8, 4) is 24.7 Å². The number of hydrogen-bond acceptors (Lipinski definition) is 4. The van der Waals surface area contributed by atoms with Gasteiger partial charge < -0.3 is 9.47 Å². The number of nitrogens with zero attached hydrogens (tertiary/aromatic N) is 1. The molecule has 0 rings (SSSR count). The van der Waals surface area contributed by atoms with Crippen molar-refractivity contribution in [3.05, 3.63) is 0 Å². The van der Waals surface area contributed by atoms with Crippen molar-refractivity contribution in [3.63, 3.8) is 0 Å². The fourth-order valence-corrected chi connectivity index (χ4v) is 0.946. The second-order valence-corrected chi connectivity index (χ2v) is 3.48. The molecule has 0 saturated carbocycles. The molecule has 1 unspecified atom stereocenters. The Kier molecular flexibility index (Phi) is 7.89. The molecule has 1 atom stereocenters. The monoisotopic (exact) mass is 251 g/mol. The van der Waals surface area contributed by atoms with Crippen LogP contribution in [-0.4, -0.2) is 43.3 Å². The molecule has 0 aliphatic rings. The van der Waals surface area contributed by atoms with E-state index in [0.717, 1.165) is 4.90 Å². The van der Waals surface area contributed by atoms with Gasteiger partial charge in [0.2, 0.25) is 0 Å². The molecule has 0 spiro atoms. The molecular formula is C13H17NO4. The Balaban J connectivity index is 4.11. The van der Waals surface area contributed by atoms with Crippen LogP contribution in [0.4, 0.5) is 4.79 Å². The van der Waals surface area contributed by atoms with Crippen molar-refractivity contribution in [2.75, 3.05) is 20.3 Å². The molecule has 0 N–H and O–H groups in total. The summed E-state index contributed by atoms with van der Waals surface area (Å²) in [4.78, 5) is 24.2. The van der Waals surface area contributed by atoms with Gasteiger partial charge in [0.25, 0.3) is 0 Å². The van der Waals surface area contributed by atoms with E-state index >= 15 is 0 Å². The van der Waals surface area contributed by atoms with Gasteiger partial charge in [-0.2, -0.15) is 0 Å². The topological polar surface area (TPSA) is 55.8 Å². The maximum atomic E-state index is 11.5. The number of hydrogen-bond donors (Lipinski definition) is 0. The lowest BCUT2D eigenvalue weighted by Gasteiger charge is -2.22. The van der Waals surface area contributed by atoms with Crippen LogP contribution in [0.25, 0.3) is 0 Å². The molecule has 0 bridgehead atoms. The first kappa shape index (κ1) is 15.9. The molecule has 0 saturated heterocycles. The number of likely N-dealkylation sites (N-methyl/N-ethyl adjacent to an activating group) is 1. The second kappa shape index (κ2) is 8.95. The van der Waals surface area contributed by atoms with Crippen LogP contribution >= 0.6 is 0 Å². The molecule has 5 nitrogen and oxygen atoms in total. The number of carbonyl (C=O) groups excluding carboxylic acids is 2. The predicted octanol–water partition coefficient (Wildman–Crippen LogP) is 1.03. The van der Waals surface area contributed by atoms with E-state index in [1.165, 1.54) is 7.05 Å². The first-order valence-corrected chi connectivity index (χ1v) is 5.47. The molecule has 0 aliphatic heterocycles. The Hall–Kier alpha value is -2.14. The first-order valence-electron chi connectivity index (χ1n) is 5.47. The Morgan fingerprint density at radius 3 is 2.17 bits per heavy atom. The summed E-state index contributed by atoms with van der Waals surface area (Å²) in [6.07, 6.45) is 10.1. The molecule has 0 heterocycles. The minimum absolute atomic E-state index is 0.124. The van der Waals surface area contributed by atoms with Crippen LogP contribution in [0.2, 0.25) is 0 Å². The van der Waals surface area contributed by atoms with Crippen LogP contribution in [0.3, 0.4) is 0 Å². The zero-order chi connectivity index (χ0) is 14.0. The summed E-state index contributed by atoms with van der Waals surface area (Å²) < 4.78 is 9.72. The van der Waals surface area contributed by atoms with Crippen LogP contribution in [-0.2, 0) is 14.3 Å². The summed E-state index contributed by atoms with van der Waals surface area (Å²) in [5.41, 5.74) is 0. The third kappa shape index (κ3) is 5.81. The number of ether oxygens (including phenoxy) is 2. The van der Waals surface area contributed by atoms with Crippen LogP contribution in [0.1, 0.15) is 19.8 Å². The van der Waals surface area contributed by atoms with Gasteiger partial charge in [0.15, 0.2) is 0 Å². The van der Waals surface area contributed by atoms with E-state index in [0.29, 0.717) is 12.8 Å². The number of carbonyl (C=O) groups is 2. The highest BCUT2D eigenvalue weighted by molar-refractivity contribution is 5.80. The molecule has 1 amide bonds. The normalized spacial score (nSPS) is 10.7. The highest BCUT2D eigenvalue weighted by atomic mass is 16.6. The molecule has 18 heavy (non-hydrogen) atoms. The summed E-state index contributed by atoms with van der Waals surface area (Å²) in [6, 6.07) is -0.735. The molecule has 5 heteroatoms. The average Bonchev–Trinajstić information content (AvgIpc) is 2.37. The second-order valence-electron chi connectivity index (χ2n) is 3.48. The Labute approximate surface area is 107 Å². The van der Waals surface area contributed by atoms with Gasteiger partial charge in [0.1, 0.15) is 19.3 Å². The molecule has 98 valence electrons. The third-order valence-corrected chi connectivity index (χ3v) is 2.17. The third-order valence-electron chi connectivity index (χ3n) is 2.17. The van der Waals surface area contributed by atoms with E-state index in [9.17, 15) is 9.59 Å². The van der Waals surface area contributed by atoms with Gasteiger partial charge in [0.05, 0.1) is 0 Å². The molecule has 0 fully saturated rings. The van der Waals surface area contributed by atoms with E-state index in [-0.39, 0.29) is 13.2 Å². The highest BCUT2D eigenvalue weighted by Gasteiger charge is 2.24. The zero-order valence-electron chi connectivity index (χ0n) is 10.6. The molecule has 0 aromatic carbocycles. The zero-order valence-corrected chi connectivity index (χ0v) is 10.6. The van der Waals surface area contributed by atoms with Crippen molar-refractivity contribution < 1.29 is 19.1 Å². The van der Waals surface area contributed by atoms with Crippen LogP contribution < -0.4 is 0 Å². The molecular weight excluding hydrogens is 234 g/mol. The van der Waals surface area contributed by atoms with E-state index < -0.39 is 18.1 Å². The van der Waals surface area contributed by atoms with Gasteiger partial charge in [-0.05, 0) is 6.92 Å². The van der Waals surface area contributed by atoms with Gasteiger partial charge in [0, 0.05) is 19.9 Å². The minimum atomic E-state index is -0.735. The Bertz CT molecular complexity index is 328. The fraction of sp³-hybridized carbons (Fsp3) is 0.538. The van der Waals surface area contributed by atoms with E-state index in [1.54, 1.807) is 6.92 Å². The van der Waals surface area contributed by atoms with Crippen molar-refractivity contribution in [1.29, 1.82) is 0 Å². The first-order chi connectivity index (χ1) is 8.54. The van der Waals surface area contributed by atoms with Crippen molar-refractivity contribution in [2.45, 2.75) is 25.8 Å². The Morgan fingerprint density at radius 1 is 1.17 bits per heavy atom. The summed E-state index contributed by atoms with van der Waals surface area (Å²) in [5.74, 6) is 4.16. The van der Waals surface area contributed by atoms with Crippen LogP contribution in [0.5, 0.6) is 0 Å². The molecule has 0 aromatic rings. The molecule has 0 aliphatic carbocycles. The number of terminal acetylenes is 2. The maximum Gasteiger partial charge on any atom is 0.410 e. The minimum Gasteiger partial charge on any atom is -0.463 e. The lowest BCUT2D eigenvalue weighted by atomic mass is 10.3. The number of amides is 1. The fourth-order valence-electron chi connectivity index (χ4n) is 0.946. The van der Waals surface area contributed by atoms with Crippen molar-refractivity contribution in [2.24, 2.45) is 0 Å². The van der Waals surface area contributed by atoms with E-state index in [2.05, 4.69) is 11.8 Å². The summed E-state index contributed by atoms with van der Waals surface area (Å²) in [6.45, 7) is 1.80. The number of esters is 1. The van der Waals surface area contributed by atoms with Crippen molar-refractivity contribution in [1.82, 2.24) is 4.90 Å². The smallest absolute Gasteiger partial charge is 0.410 e. The number of rotatable bonds is 6. The largest absolute Gasteiger partial charge is 0.463 e. The van der Waals surface area contributed by atoms with E-state index in [4.69, 9.17) is 22.3 Å². The molecule has 0 aromatic heterocycles. The predicted molar refractivity (Wildman–Crippen MR) is 66.4 cm³/mol. The highest BCUT2D eigenvalue weighted by Crippen LogP contribution is 2.02. The summed E-state index contributed by atoms with van der Waals surface area (Å²) in [7, 11) is 1.45. The summed E-state index contributed by atoms with van der Waals surface area (Å²) >= 11 is 0. The van der Waals surface area contributed by atoms with Gasteiger partial charge in [-0.3, -0.25) is 4.90 Å². The SMILES string of the molecule is C#CCCOC(=O)C(C)N(C)C(=O)OCCC#C. The van der Waals surface area contributed by atoms with Gasteiger partial charge in [-0.25, -0.2) is 9.59 Å². The average molecular weight is 251 g/mol. The standard InChI is InChI=1S/C13H17NO4/c1-5-7-9-17-12(15)11(3)14(4)13(16)18-10-8-6-2/h1-2,11H,7-10H2,3-4H3. The van der Waals surface area contributed by atoms with Crippen LogP contribution in [0, 0.1) is 24.7 Å². The summed E-state index contributed by atoms with van der Waals surface area (Å²) in [5, 5.41) is 0. The molecule has 0 radical (unpaired) electrons. The quantitative estimate of drug-likeness (QED) is 0.402. The van der Waals surface area contributed by atoms with Gasteiger partial charge >= 0.3 is 12.1 Å². The van der Waals surface area contributed by atoms with E-state index in [1.807, 2.05) is 0 Å². The Morgan fingerprint density at radius 2 is 1.67 bits per heavy atom. The maximum absolute atomic E-state index is 11.5. The lowest BCUT2D eigenvalue weighted by Crippen LogP contribution is -2.41.